The van der Waals surface area contributed by atoms with Crippen molar-refractivity contribution in [3.05, 3.63) is 29.6 Å². The Morgan fingerprint density at radius 1 is 1.42 bits per heavy atom. The molecule has 1 aliphatic heterocycles. The summed E-state index contributed by atoms with van der Waals surface area (Å²) < 4.78 is 0. The highest BCUT2D eigenvalue weighted by atomic mass is 16.2. The van der Waals surface area contributed by atoms with E-state index in [0.717, 1.165) is 25.9 Å². The van der Waals surface area contributed by atoms with E-state index in [0.29, 0.717) is 17.3 Å². The van der Waals surface area contributed by atoms with Crippen molar-refractivity contribution in [1.82, 2.24) is 14.8 Å². The zero-order valence-corrected chi connectivity index (χ0v) is 11.3. The zero-order chi connectivity index (χ0) is 13.8. The molecule has 1 amide bonds. The van der Waals surface area contributed by atoms with Gasteiger partial charge in [-0.3, -0.25) is 4.79 Å². The van der Waals surface area contributed by atoms with Crippen LogP contribution in [0.5, 0.6) is 0 Å². The maximum atomic E-state index is 12.3. The minimum absolute atomic E-state index is 0.00851. The van der Waals surface area contributed by atoms with Gasteiger partial charge in [0.15, 0.2) is 0 Å². The second-order valence-electron chi connectivity index (χ2n) is 5.03. The van der Waals surface area contributed by atoms with Crippen LogP contribution in [0.3, 0.4) is 0 Å². The molecular formula is C14H18N4O. The van der Waals surface area contributed by atoms with Gasteiger partial charge in [-0.05, 0) is 39.1 Å². The molecule has 2 heterocycles. The highest BCUT2D eigenvalue weighted by Crippen LogP contribution is 2.16. The van der Waals surface area contributed by atoms with Crippen LogP contribution in [0.25, 0.3) is 0 Å². The Morgan fingerprint density at radius 2 is 2.11 bits per heavy atom. The van der Waals surface area contributed by atoms with Crippen molar-refractivity contribution in [2.24, 2.45) is 0 Å². The highest BCUT2D eigenvalue weighted by Gasteiger charge is 2.24. The smallest absolute Gasteiger partial charge is 0.255 e. The molecule has 1 aromatic heterocycles. The maximum Gasteiger partial charge on any atom is 0.255 e. The zero-order valence-electron chi connectivity index (χ0n) is 11.3. The number of likely N-dealkylation sites (tertiary alicyclic amines) is 1. The van der Waals surface area contributed by atoms with Gasteiger partial charge < -0.3 is 9.80 Å². The second kappa shape index (κ2) is 5.81. The molecule has 5 nitrogen and oxygen atoms in total. The Labute approximate surface area is 113 Å². The molecule has 0 radical (unpaired) electrons. The predicted octanol–water partition coefficient (Wildman–Crippen LogP) is 1.12. The van der Waals surface area contributed by atoms with Gasteiger partial charge in [-0.15, -0.1) is 0 Å². The van der Waals surface area contributed by atoms with Gasteiger partial charge in [-0.1, -0.05) is 0 Å². The molecule has 19 heavy (non-hydrogen) atoms. The molecule has 1 aliphatic rings. The molecule has 0 atom stereocenters. The van der Waals surface area contributed by atoms with E-state index < -0.39 is 0 Å². The van der Waals surface area contributed by atoms with E-state index in [1.807, 2.05) is 11.0 Å². The van der Waals surface area contributed by atoms with E-state index in [-0.39, 0.29) is 5.91 Å². The average molecular weight is 258 g/mol. The number of hydrogen-bond donors (Lipinski definition) is 0. The number of nitrogens with zero attached hydrogens (tertiary/aromatic N) is 4. The van der Waals surface area contributed by atoms with E-state index in [2.05, 4.69) is 24.0 Å². The fourth-order valence-corrected chi connectivity index (χ4v) is 2.35. The standard InChI is InChI=1S/C14H18N4O/c1-17(2)13-5-7-18(8-6-13)14(19)11-3-4-12(9-15)16-10-11/h3-4,10,13H,5-8H2,1-2H3. The Balaban J connectivity index is 1.99. The number of piperidine rings is 1. The van der Waals surface area contributed by atoms with Gasteiger partial charge in [-0.2, -0.15) is 5.26 Å². The summed E-state index contributed by atoms with van der Waals surface area (Å²) in [4.78, 5) is 20.3. The lowest BCUT2D eigenvalue weighted by Crippen LogP contribution is -2.44. The summed E-state index contributed by atoms with van der Waals surface area (Å²) in [5.41, 5.74) is 0.894. The third kappa shape index (κ3) is 3.09. The quantitative estimate of drug-likeness (QED) is 0.797. The molecule has 1 aromatic rings. The van der Waals surface area contributed by atoms with Crippen LogP contribution in [0.1, 0.15) is 28.9 Å². The van der Waals surface area contributed by atoms with Crippen LogP contribution >= 0.6 is 0 Å². The van der Waals surface area contributed by atoms with Crippen LogP contribution in [0.4, 0.5) is 0 Å². The van der Waals surface area contributed by atoms with Crippen molar-refractivity contribution in [3.63, 3.8) is 0 Å². The Morgan fingerprint density at radius 3 is 2.58 bits per heavy atom. The first-order valence-corrected chi connectivity index (χ1v) is 6.43. The number of carbonyl (C=O) groups is 1. The first kappa shape index (κ1) is 13.5. The average Bonchev–Trinajstić information content (AvgIpc) is 2.46. The molecule has 0 N–H and O–H groups in total. The third-order valence-electron chi connectivity index (χ3n) is 3.61. The number of nitriles is 1. The van der Waals surface area contributed by atoms with Crippen molar-refractivity contribution < 1.29 is 4.79 Å². The SMILES string of the molecule is CN(C)C1CCN(C(=O)c2ccc(C#N)nc2)CC1. The van der Waals surface area contributed by atoms with Gasteiger partial charge in [0, 0.05) is 25.3 Å². The lowest BCUT2D eigenvalue weighted by atomic mass is 10.0. The molecular weight excluding hydrogens is 240 g/mol. The first-order valence-electron chi connectivity index (χ1n) is 6.43. The van der Waals surface area contributed by atoms with Crippen LogP contribution in [0.15, 0.2) is 18.3 Å². The van der Waals surface area contributed by atoms with Gasteiger partial charge in [0.25, 0.3) is 5.91 Å². The summed E-state index contributed by atoms with van der Waals surface area (Å²) in [5, 5.41) is 8.68. The number of pyridine rings is 1. The number of hydrogen-bond acceptors (Lipinski definition) is 4. The van der Waals surface area contributed by atoms with Crippen molar-refractivity contribution >= 4 is 5.91 Å². The molecule has 0 aliphatic carbocycles. The Bertz CT molecular complexity index is 481. The molecule has 0 unspecified atom stereocenters. The van der Waals surface area contributed by atoms with Gasteiger partial charge in [-0.25, -0.2) is 4.98 Å². The number of carbonyl (C=O) groups excluding carboxylic acids is 1. The normalized spacial score (nSPS) is 16.4. The number of aromatic nitrogens is 1. The second-order valence-corrected chi connectivity index (χ2v) is 5.03. The van der Waals surface area contributed by atoms with Gasteiger partial charge in [0.1, 0.15) is 11.8 Å². The Hall–Kier alpha value is -1.93. The monoisotopic (exact) mass is 258 g/mol. The van der Waals surface area contributed by atoms with Crippen molar-refractivity contribution in [2.45, 2.75) is 18.9 Å². The van der Waals surface area contributed by atoms with Crippen LogP contribution in [0.2, 0.25) is 0 Å². The van der Waals surface area contributed by atoms with Gasteiger partial charge in [0.2, 0.25) is 0 Å². The summed E-state index contributed by atoms with van der Waals surface area (Å²) in [6.07, 6.45) is 3.49. The van der Waals surface area contributed by atoms with E-state index in [9.17, 15) is 4.79 Å². The summed E-state index contributed by atoms with van der Waals surface area (Å²) in [7, 11) is 4.15. The summed E-state index contributed by atoms with van der Waals surface area (Å²) >= 11 is 0. The van der Waals surface area contributed by atoms with E-state index in [4.69, 9.17) is 5.26 Å². The van der Waals surface area contributed by atoms with Crippen LogP contribution in [-0.2, 0) is 0 Å². The van der Waals surface area contributed by atoms with Crippen LogP contribution < -0.4 is 0 Å². The lowest BCUT2D eigenvalue weighted by Gasteiger charge is -2.35. The highest BCUT2D eigenvalue weighted by molar-refractivity contribution is 5.94. The minimum atomic E-state index is 0.00851. The third-order valence-corrected chi connectivity index (χ3v) is 3.61. The molecule has 1 saturated heterocycles. The Kier molecular flexibility index (Phi) is 4.13. The first-order chi connectivity index (χ1) is 9.11. The van der Waals surface area contributed by atoms with E-state index in [1.54, 1.807) is 12.1 Å². The summed E-state index contributed by atoms with van der Waals surface area (Å²) in [6, 6.07) is 5.76. The molecule has 0 aromatic carbocycles. The number of amides is 1. The van der Waals surface area contributed by atoms with Gasteiger partial charge >= 0.3 is 0 Å². The minimum Gasteiger partial charge on any atom is -0.338 e. The van der Waals surface area contributed by atoms with E-state index in [1.165, 1.54) is 6.20 Å². The molecule has 1 fully saturated rings. The lowest BCUT2D eigenvalue weighted by molar-refractivity contribution is 0.0663. The largest absolute Gasteiger partial charge is 0.338 e. The molecule has 0 saturated carbocycles. The van der Waals surface area contributed by atoms with Crippen LogP contribution in [0, 0.1) is 11.3 Å². The van der Waals surface area contributed by atoms with Crippen molar-refractivity contribution in [2.75, 3.05) is 27.2 Å². The topological polar surface area (TPSA) is 60.2 Å². The fraction of sp³-hybridized carbons (Fsp3) is 0.500. The van der Waals surface area contributed by atoms with Crippen molar-refractivity contribution in [1.29, 1.82) is 5.26 Å². The summed E-state index contributed by atoms with van der Waals surface area (Å²) in [5.74, 6) is 0.00851. The molecule has 0 bridgehead atoms. The van der Waals surface area contributed by atoms with Gasteiger partial charge in [0.05, 0.1) is 5.56 Å². The number of rotatable bonds is 2. The van der Waals surface area contributed by atoms with E-state index >= 15 is 0 Å². The van der Waals surface area contributed by atoms with Crippen LogP contribution in [-0.4, -0.2) is 53.9 Å². The fourth-order valence-electron chi connectivity index (χ4n) is 2.35. The molecule has 100 valence electrons. The molecule has 5 heteroatoms. The van der Waals surface area contributed by atoms with Crippen molar-refractivity contribution in [3.8, 4) is 6.07 Å². The predicted molar refractivity (Wildman–Crippen MR) is 71.6 cm³/mol. The maximum absolute atomic E-state index is 12.3. The molecule has 0 spiro atoms. The summed E-state index contributed by atoms with van der Waals surface area (Å²) in [6.45, 7) is 1.56. The molecule has 2 rings (SSSR count).